The third-order valence-electron chi connectivity index (χ3n) is 8.32. The Morgan fingerprint density at radius 1 is 0.514 bits per heavy atom. The van der Waals surface area contributed by atoms with Crippen molar-refractivity contribution in [2.45, 2.75) is 29.8 Å². The molecule has 0 aliphatic heterocycles. The summed E-state index contributed by atoms with van der Waals surface area (Å²) >= 11 is 0. The van der Waals surface area contributed by atoms with Crippen LogP contribution in [-0.4, -0.2) is 78.8 Å². The minimum atomic E-state index is -5.10. The van der Waals surface area contributed by atoms with Crippen LogP contribution in [-0.2, 0) is 29.3 Å². The van der Waals surface area contributed by atoms with E-state index >= 15 is 0 Å². The summed E-state index contributed by atoms with van der Waals surface area (Å²) in [5.74, 6) is -8.11. The second-order valence-electron chi connectivity index (χ2n) is 13.1. The first kappa shape index (κ1) is 67.2. The number of carboxylic acids is 4. The molecule has 70 heavy (non-hydrogen) atoms. The maximum atomic E-state index is 12.5. The molecule has 0 aliphatic rings. The number of hydrogen-bond acceptors (Lipinski definition) is 23. The molecule has 2 aromatic heterocycles. The summed E-state index contributed by atoms with van der Waals surface area (Å²) < 4.78 is 37.4. The molecule has 328 valence electrons. The molecule has 0 amide bonds. The zero-order valence-electron chi connectivity index (χ0n) is 38.5. The molecule has 6 aromatic rings. The predicted octanol–water partition coefficient (Wildman–Crippen LogP) is -18.7. The molecular formula is C40H30N12Na6O11S. The molecule has 0 radical (unpaired) electrons. The molecule has 0 bridgehead atoms. The number of benzene rings is 4. The van der Waals surface area contributed by atoms with Crippen LogP contribution >= 0.6 is 0 Å². The molecule has 0 saturated heterocycles. The fraction of sp³-hybridized carbons (Fsp3) is 0.100. The number of nitrogens with zero attached hydrogens (tertiary/aromatic N) is 6. The Morgan fingerprint density at radius 2 is 0.900 bits per heavy atom. The van der Waals surface area contributed by atoms with Crippen molar-refractivity contribution in [2.75, 3.05) is 31.9 Å². The van der Waals surface area contributed by atoms with Crippen LogP contribution in [0.4, 0.5) is 58.4 Å². The first-order chi connectivity index (χ1) is 30.6. The number of rotatable bonds is 21. The van der Waals surface area contributed by atoms with E-state index in [9.17, 15) is 52.6 Å². The van der Waals surface area contributed by atoms with Gasteiger partial charge in [0.05, 0.1) is 28.9 Å². The molecule has 0 aliphatic carbocycles. The van der Waals surface area contributed by atoms with Crippen LogP contribution in [0.5, 0.6) is 0 Å². The van der Waals surface area contributed by atoms with Crippen molar-refractivity contribution >= 4 is 105 Å². The average Bonchev–Trinajstić information content (AvgIpc) is 3.23. The van der Waals surface area contributed by atoms with Crippen LogP contribution in [0.3, 0.4) is 0 Å². The van der Waals surface area contributed by atoms with Gasteiger partial charge in [-0.3, -0.25) is 0 Å². The Bertz CT molecular complexity index is 2830. The summed E-state index contributed by atoms with van der Waals surface area (Å²) in [4.78, 5) is 69.8. The average molecular weight is 1020 g/mol. The molecule has 0 saturated carbocycles. The first-order valence-corrected chi connectivity index (χ1v) is 19.8. The topological polar surface area (TPSA) is 367 Å². The Labute approximate surface area is 532 Å². The number of hydrogen-bond donors (Lipinski definition) is 6. The Hall–Kier alpha value is -2.77. The molecule has 2 unspecified atom stereocenters. The molecule has 0 spiro atoms. The van der Waals surface area contributed by atoms with Gasteiger partial charge < -0.3 is 76.1 Å². The minimum Gasteiger partial charge on any atom is -0.744 e. The van der Waals surface area contributed by atoms with Gasteiger partial charge in [-0.05, 0) is 47.6 Å². The largest absolute Gasteiger partial charge is 1.00 e. The second-order valence-corrected chi connectivity index (χ2v) is 14.4. The van der Waals surface area contributed by atoms with Gasteiger partial charge in [-0.15, -0.1) is 30.3 Å². The third kappa shape index (κ3) is 21.8. The van der Waals surface area contributed by atoms with Crippen LogP contribution in [0.25, 0.3) is 12.2 Å². The van der Waals surface area contributed by atoms with Gasteiger partial charge in [-0.2, -0.15) is 35.5 Å². The van der Waals surface area contributed by atoms with E-state index in [4.69, 9.17) is 0 Å². The molecule has 4 aromatic carbocycles. The van der Waals surface area contributed by atoms with Gasteiger partial charge >= 0.3 is 177 Å². The second kappa shape index (κ2) is 32.4. The number of nitrogens with one attached hydrogen (secondary N) is 6. The van der Waals surface area contributed by atoms with Crippen molar-refractivity contribution in [3.8, 4) is 0 Å². The van der Waals surface area contributed by atoms with Gasteiger partial charge in [-0.1, -0.05) is 48.5 Å². The van der Waals surface area contributed by atoms with E-state index in [0.717, 1.165) is 6.07 Å². The van der Waals surface area contributed by atoms with E-state index in [1.165, 1.54) is 30.4 Å². The van der Waals surface area contributed by atoms with Gasteiger partial charge in [0, 0.05) is 41.8 Å². The van der Waals surface area contributed by atoms with Crippen LogP contribution < -0.4 is 230 Å². The number of aliphatic carboxylic acids is 4. The quantitative estimate of drug-likeness (QED) is 0.0169. The van der Waals surface area contributed by atoms with Crippen molar-refractivity contribution in [3.05, 3.63) is 114 Å². The molecule has 6 N–H and O–H groups in total. The fourth-order valence-corrected chi connectivity index (χ4v) is 6.16. The SMILES string of the molecule is O=C([O-])CC(Nc1nc(Nc2c[c-]c(/C=C/c3ccc(Nc4nc(Nc5ccccc5)nc(NC(CC(=O)[O-])C(=O)[O-])n4)cc3S(=O)(=O)[O-])cc2)nc(Nc2ccccc2)n1)C(=O)[O-].[Na+].[Na+].[Na+].[Na+].[Na+].[Na+]. The molecule has 30 heteroatoms. The Balaban J connectivity index is 0.00000793. The summed E-state index contributed by atoms with van der Waals surface area (Å²) in [7, 11) is -5.10. The Morgan fingerprint density at radius 3 is 1.27 bits per heavy atom. The summed E-state index contributed by atoms with van der Waals surface area (Å²) in [5, 5.41) is 61.7. The van der Waals surface area contributed by atoms with E-state index in [2.05, 4.69) is 67.9 Å². The molecule has 2 heterocycles. The van der Waals surface area contributed by atoms with Crippen LogP contribution in [0.1, 0.15) is 24.0 Å². The minimum absolute atomic E-state index is 0. The molecule has 23 nitrogen and oxygen atoms in total. The molecular weight excluding hydrogens is 995 g/mol. The third-order valence-corrected chi connectivity index (χ3v) is 9.21. The standard InChI is InChI=1S/C40H35N12O11S.6Na/c53-31(54)20-28(33(57)58)45-39-49-35(41-24-7-3-1-4-8-24)47-37(51-39)43-26-16-12-22(13-17-26)11-14-23-15-18-27(19-30(23)64(61,62)63)44-38-48-36(42-25-9-5-2-6-10-25)50-40(52-38)46-29(34(59)60)21-32(55)56;;;;;;/h1-12,14-19,28-29H,20-21H2,(H,53,54)(H,55,56)(H,57,58)(H,59,60)(H,61,62,63)(H3,41,43,45,47,49,51)(H3,42,44,46,48,50,52);;;;;;/q-1;6*+1/p-5/b14-11+;;;;;;. The molecule has 2 atom stereocenters. The van der Waals surface area contributed by atoms with E-state index < -0.39 is 69.8 Å². The van der Waals surface area contributed by atoms with Gasteiger partial charge in [-0.25, -0.2) is 8.42 Å². The van der Waals surface area contributed by atoms with Crippen molar-refractivity contribution < 1.29 is 230 Å². The summed E-state index contributed by atoms with van der Waals surface area (Å²) in [6, 6.07) is 25.0. The van der Waals surface area contributed by atoms with Crippen molar-refractivity contribution in [2.24, 2.45) is 0 Å². The van der Waals surface area contributed by atoms with Gasteiger partial charge in [0.25, 0.3) is 0 Å². The smallest absolute Gasteiger partial charge is 0.744 e. The van der Waals surface area contributed by atoms with Gasteiger partial charge in [0.2, 0.25) is 35.7 Å². The van der Waals surface area contributed by atoms with Crippen molar-refractivity contribution in [1.29, 1.82) is 0 Å². The number of carbonyl (C=O) groups excluding carboxylic acids is 4. The maximum absolute atomic E-state index is 12.5. The van der Waals surface area contributed by atoms with Crippen molar-refractivity contribution in [1.82, 2.24) is 29.9 Å². The number of carboxylic acid groups (broad SMARTS) is 4. The predicted molar refractivity (Wildman–Crippen MR) is 218 cm³/mol. The summed E-state index contributed by atoms with van der Waals surface area (Å²) in [6.07, 6.45) is 0.894. The monoisotopic (exact) mass is 1020 g/mol. The van der Waals surface area contributed by atoms with Gasteiger partial charge in [0.1, 0.15) is 10.1 Å². The number of aromatic nitrogens is 6. The van der Waals surface area contributed by atoms with E-state index in [1.54, 1.807) is 72.8 Å². The van der Waals surface area contributed by atoms with Crippen LogP contribution in [0, 0.1) is 6.07 Å². The van der Waals surface area contributed by atoms with Crippen molar-refractivity contribution in [3.63, 3.8) is 0 Å². The number of anilines is 10. The number of para-hydroxylation sites is 2. The van der Waals surface area contributed by atoms with Crippen LogP contribution in [0.15, 0.2) is 102 Å². The zero-order valence-corrected chi connectivity index (χ0v) is 51.4. The summed E-state index contributed by atoms with van der Waals surface area (Å²) in [5.41, 5.74) is 1.86. The first-order valence-electron chi connectivity index (χ1n) is 18.4. The fourth-order valence-electron chi connectivity index (χ4n) is 5.46. The van der Waals surface area contributed by atoms with E-state index in [1.807, 2.05) is 0 Å². The van der Waals surface area contributed by atoms with E-state index in [-0.39, 0.29) is 218 Å². The number of carbonyl (C=O) groups is 4. The summed E-state index contributed by atoms with van der Waals surface area (Å²) in [6.45, 7) is 0. The molecule has 0 fully saturated rings. The van der Waals surface area contributed by atoms with Crippen LogP contribution in [0.2, 0.25) is 0 Å². The molecule has 6 rings (SSSR count). The Kier molecular flexibility index (Phi) is 31.1. The maximum Gasteiger partial charge on any atom is 1.00 e. The van der Waals surface area contributed by atoms with E-state index in [0.29, 0.717) is 22.6 Å². The normalized spacial score (nSPS) is 11.0. The van der Waals surface area contributed by atoms with Gasteiger partial charge in [0.15, 0.2) is 0 Å². The zero-order chi connectivity index (χ0) is 45.8.